The summed E-state index contributed by atoms with van der Waals surface area (Å²) in [5, 5.41) is 15.8. The average Bonchev–Trinajstić information content (AvgIpc) is 2.90. The molecule has 0 amide bonds. The van der Waals surface area contributed by atoms with E-state index in [0.717, 1.165) is 31.8 Å². The van der Waals surface area contributed by atoms with E-state index in [4.69, 9.17) is 0 Å². The Balaban J connectivity index is 2.80. The van der Waals surface area contributed by atoms with Crippen LogP contribution in [0, 0.1) is 5.92 Å². The summed E-state index contributed by atoms with van der Waals surface area (Å²) in [6.45, 7) is 12.9. The lowest BCUT2D eigenvalue weighted by atomic mass is 10.0. The summed E-state index contributed by atoms with van der Waals surface area (Å²) < 4.78 is 2.20. The van der Waals surface area contributed by atoms with E-state index in [-0.39, 0.29) is 10.8 Å². The van der Waals surface area contributed by atoms with Crippen molar-refractivity contribution in [2.75, 3.05) is 12.8 Å². The van der Waals surface area contributed by atoms with Crippen LogP contribution in [-0.2, 0) is 6.54 Å². The molecule has 0 fully saturated rings. The van der Waals surface area contributed by atoms with Crippen molar-refractivity contribution in [1.82, 2.24) is 25.5 Å². The van der Waals surface area contributed by atoms with E-state index in [1.165, 1.54) is 0 Å². The minimum absolute atomic E-state index is 0.181. The first-order valence-corrected chi connectivity index (χ1v) is 8.75. The van der Waals surface area contributed by atoms with Crippen molar-refractivity contribution in [3.8, 4) is 0 Å². The average molecular weight is 299 g/mol. The van der Waals surface area contributed by atoms with Crippen molar-refractivity contribution in [2.24, 2.45) is 5.92 Å². The SMILES string of the molecule is CCC(CC)(Cn1nnnc1C(C)NCC(C)C)SC. The number of nitrogens with zero attached hydrogens (tertiary/aromatic N) is 4. The van der Waals surface area contributed by atoms with Gasteiger partial charge in [-0.1, -0.05) is 27.7 Å². The van der Waals surface area contributed by atoms with Gasteiger partial charge in [0, 0.05) is 4.75 Å². The minimum Gasteiger partial charge on any atom is -0.307 e. The highest BCUT2D eigenvalue weighted by molar-refractivity contribution is 8.00. The fraction of sp³-hybridized carbons (Fsp3) is 0.929. The molecule has 6 heteroatoms. The molecule has 0 bridgehead atoms. The maximum absolute atomic E-state index is 4.21. The molecule has 5 nitrogen and oxygen atoms in total. The van der Waals surface area contributed by atoms with Gasteiger partial charge < -0.3 is 5.32 Å². The highest BCUT2D eigenvalue weighted by Crippen LogP contribution is 2.32. The second-order valence-corrected chi connectivity index (χ2v) is 7.09. The summed E-state index contributed by atoms with van der Waals surface area (Å²) >= 11 is 1.92. The lowest BCUT2D eigenvalue weighted by Crippen LogP contribution is -2.32. The molecular weight excluding hydrogens is 270 g/mol. The fourth-order valence-corrected chi connectivity index (χ4v) is 3.07. The third-order valence-corrected chi connectivity index (χ3v) is 5.51. The number of hydrogen-bond acceptors (Lipinski definition) is 5. The van der Waals surface area contributed by atoms with Crippen molar-refractivity contribution >= 4 is 11.8 Å². The Kier molecular flexibility index (Phi) is 6.95. The zero-order valence-electron chi connectivity index (χ0n) is 13.7. The number of tetrazole rings is 1. The van der Waals surface area contributed by atoms with Gasteiger partial charge in [0.15, 0.2) is 5.82 Å². The van der Waals surface area contributed by atoms with Crippen molar-refractivity contribution in [1.29, 1.82) is 0 Å². The molecule has 0 saturated carbocycles. The number of rotatable bonds is 9. The van der Waals surface area contributed by atoms with Gasteiger partial charge in [0.1, 0.15) is 0 Å². The molecule has 1 heterocycles. The summed E-state index contributed by atoms with van der Waals surface area (Å²) in [6.07, 6.45) is 4.42. The first kappa shape index (κ1) is 17.4. The zero-order chi connectivity index (χ0) is 15.2. The molecule has 1 atom stereocenters. The highest BCUT2D eigenvalue weighted by atomic mass is 32.2. The Morgan fingerprint density at radius 3 is 2.40 bits per heavy atom. The van der Waals surface area contributed by atoms with Gasteiger partial charge in [0.25, 0.3) is 0 Å². The Labute approximate surface area is 127 Å². The van der Waals surface area contributed by atoms with Crippen LogP contribution in [0.15, 0.2) is 0 Å². The maximum atomic E-state index is 4.21. The summed E-state index contributed by atoms with van der Waals surface area (Å²) in [5.74, 6) is 1.56. The van der Waals surface area contributed by atoms with Crippen LogP contribution >= 0.6 is 11.8 Å². The molecule has 0 spiro atoms. The van der Waals surface area contributed by atoms with Crippen LogP contribution in [-0.4, -0.2) is 37.8 Å². The molecule has 1 aromatic heterocycles. The van der Waals surface area contributed by atoms with Gasteiger partial charge in [-0.15, -0.1) is 5.10 Å². The van der Waals surface area contributed by atoms with E-state index in [1.807, 2.05) is 16.4 Å². The number of thioether (sulfide) groups is 1. The van der Waals surface area contributed by atoms with Crippen LogP contribution in [0.25, 0.3) is 0 Å². The van der Waals surface area contributed by atoms with Gasteiger partial charge in [-0.05, 0) is 48.9 Å². The Morgan fingerprint density at radius 2 is 1.90 bits per heavy atom. The lowest BCUT2D eigenvalue weighted by Gasteiger charge is -2.30. The van der Waals surface area contributed by atoms with Gasteiger partial charge in [-0.2, -0.15) is 11.8 Å². The van der Waals surface area contributed by atoms with Crippen LogP contribution < -0.4 is 5.32 Å². The molecular formula is C14H29N5S. The highest BCUT2D eigenvalue weighted by Gasteiger charge is 2.28. The molecule has 0 saturated heterocycles. The molecule has 1 rings (SSSR count). The molecule has 0 radical (unpaired) electrons. The topological polar surface area (TPSA) is 55.6 Å². The molecule has 0 aliphatic carbocycles. The van der Waals surface area contributed by atoms with Crippen molar-refractivity contribution in [3.05, 3.63) is 5.82 Å². The van der Waals surface area contributed by atoms with E-state index in [2.05, 4.69) is 61.7 Å². The van der Waals surface area contributed by atoms with E-state index in [0.29, 0.717) is 5.92 Å². The van der Waals surface area contributed by atoms with Gasteiger partial charge in [-0.3, -0.25) is 0 Å². The second kappa shape index (κ2) is 7.98. The number of nitrogens with one attached hydrogen (secondary N) is 1. The number of hydrogen-bond donors (Lipinski definition) is 1. The predicted molar refractivity (Wildman–Crippen MR) is 85.9 cm³/mol. The third-order valence-electron chi connectivity index (χ3n) is 3.94. The zero-order valence-corrected chi connectivity index (χ0v) is 14.5. The Morgan fingerprint density at radius 1 is 1.25 bits per heavy atom. The van der Waals surface area contributed by atoms with E-state index < -0.39 is 0 Å². The molecule has 116 valence electrons. The summed E-state index contributed by atoms with van der Waals surface area (Å²) in [4.78, 5) is 0. The predicted octanol–water partition coefficient (Wildman–Crippen LogP) is 2.90. The van der Waals surface area contributed by atoms with Crippen molar-refractivity contribution in [3.63, 3.8) is 0 Å². The molecule has 0 aliphatic rings. The summed E-state index contributed by atoms with van der Waals surface area (Å²) in [5.41, 5.74) is 0. The van der Waals surface area contributed by atoms with Crippen LogP contribution in [0.3, 0.4) is 0 Å². The van der Waals surface area contributed by atoms with E-state index >= 15 is 0 Å². The maximum Gasteiger partial charge on any atom is 0.167 e. The molecule has 1 N–H and O–H groups in total. The Hall–Kier alpha value is -0.620. The van der Waals surface area contributed by atoms with Gasteiger partial charge in [0.05, 0.1) is 12.6 Å². The quantitative estimate of drug-likeness (QED) is 0.760. The lowest BCUT2D eigenvalue weighted by molar-refractivity contribution is 0.398. The minimum atomic E-state index is 0.181. The number of aromatic nitrogens is 4. The largest absolute Gasteiger partial charge is 0.307 e. The fourth-order valence-electron chi connectivity index (χ4n) is 2.24. The van der Waals surface area contributed by atoms with E-state index in [9.17, 15) is 0 Å². The van der Waals surface area contributed by atoms with Crippen LogP contribution in [0.2, 0.25) is 0 Å². The first-order chi connectivity index (χ1) is 9.48. The second-order valence-electron chi connectivity index (χ2n) is 5.81. The normalized spacial score (nSPS) is 13.9. The van der Waals surface area contributed by atoms with Crippen LogP contribution in [0.5, 0.6) is 0 Å². The molecule has 1 aromatic rings. The first-order valence-electron chi connectivity index (χ1n) is 7.52. The Bertz CT molecular complexity index is 378. The van der Waals surface area contributed by atoms with Gasteiger partial charge >= 0.3 is 0 Å². The van der Waals surface area contributed by atoms with Gasteiger partial charge in [-0.25, -0.2) is 4.68 Å². The summed E-state index contributed by atoms with van der Waals surface area (Å²) in [7, 11) is 0. The van der Waals surface area contributed by atoms with Crippen LogP contribution in [0.1, 0.15) is 59.3 Å². The molecule has 20 heavy (non-hydrogen) atoms. The smallest absolute Gasteiger partial charge is 0.167 e. The third kappa shape index (κ3) is 4.45. The standard InChI is InChI=1S/C14H29N5S/c1-7-14(8-2,20-6)10-19-13(16-17-18-19)12(5)15-9-11(3)4/h11-12,15H,7-10H2,1-6H3. The van der Waals surface area contributed by atoms with Gasteiger partial charge in [0.2, 0.25) is 0 Å². The van der Waals surface area contributed by atoms with Crippen molar-refractivity contribution < 1.29 is 0 Å². The molecule has 0 aromatic carbocycles. The molecule has 1 unspecified atom stereocenters. The summed E-state index contributed by atoms with van der Waals surface area (Å²) in [6, 6.07) is 0.181. The molecule has 0 aliphatic heterocycles. The van der Waals surface area contributed by atoms with Crippen molar-refractivity contribution in [2.45, 2.75) is 64.8 Å². The monoisotopic (exact) mass is 299 g/mol. The van der Waals surface area contributed by atoms with E-state index in [1.54, 1.807) is 0 Å². The van der Waals surface area contributed by atoms with Crippen LogP contribution in [0.4, 0.5) is 0 Å².